The Bertz CT molecular complexity index is 888. The molecule has 0 saturated heterocycles. The summed E-state index contributed by atoms with van der Waals surface area (Å²) in [5.74, 6) is 1.24. The molecule has 2 aliphatic carbocycles. The first-order valence-electron chi connectivity index (χ1n) is 9.17. The van der Waals surface area contributed by atoms with Crippen LogP contribution in [0.5, 0.6) is 0 Å². The fraction of sp³-hybridized carbons (Fsp3) is 0.227. The molecule has 1 saturated carbocycles. The zero-order valence-electron chi connectivity index (χ0n) is 14.8. The van der Waals surface area contributed by atoms with Gasteiger partial charge in [0.2, 0.25) is 0 Å². The first-order chi connectivity index (χ1) is 13.2. The Labute approximate surface area is 158 Å². The summed E-state index contributed by atoms with van der Waals surface area (Å²) in [5, 5.41) is 6.94. The zero-order valence-corrected chi connectivity index (χ0v) is 14.8. The lowest BCUT2D eigenvalue weighted by atomic mass is 9.95. The van der Waals surface area contributed by atoms with Gasteiger partial charge < -0.3 is 5.32 Å². The molecule has 5 nitrogen and oxygen atoms in total. The summed E-state index contributed by atoms with van der Waals surface area (Å²) < 4.78 is 0. The molecular weight excluding hydrogens is 338 g/mol. The third-order valence-corrected chi connectivity index (χ3v) is 5.20. The maximum absolute atomic E-state index is 12.2. The SMILES string of the molecule is O=C(NN=C[C@@H]1C[C@H]2C=C[C@H]1C2)c1ccc(NC(=O)c2ccccc2)cc1. The topological polar surface area (TPSA) is 70.6 Å². The summed E-state index contributed by atoms with van der Waals surface area (Å²) in [5.41, 5.74) is 4.31. The van der Waals surface area contributed by atoms with E-state index < -0.39 is 0 Å². The van der Waals surface area contributed by atoms with Gasteiger partial charge in [-0.25, -0.2) is 5.43 Å². The van der Waals surface area contributed by atoms with E-state index in [1.807, 2.05) is 24.4 Å². The number of benzene rings is 2. The second-order valence-electron chi connectivity index (χ2n) is 7.06. The number of nitrogens with one attached hydrogen (secondary N) is 2. The first-order valence-corrected chi connectivity index (χ1v) is 9.17. The van der Waals surface area contributed by atoms with Crippen LogP contribution < -0.4 is 10.7 Å². The van der Waals surface area contributed by atoms with E-state index in [0.29, 0.717) is 34.6 Å². The van der Waals surface area contributed by atoms with E-state index in [9.17, 15) is 9.59 Å². The molecule has 0 heterocycles. The Balaban J connectivity index is 1.31. The number of hydrazone groups is 1. The van der Waals surface area contributed by atoms with Crippen LogP contribution in [0.15, 0.2) is 71.9 Å². The van der Waals surface area contributed by atoms with Gasteiger partial charge in [0.1, 0.15) is 0 Å². The summed E-state index contributed by atoms with van der Waals surface area (Å²) in [6.07, 6.45) is 8.73. The van der Waals surface area contributed by atoms with Crippen LogP contribution in [-0.2, 0) is 0 Å². The highest BCUT2D eigenvalue weighted by Gasteiger charge is 2.34. The molecule has 27 heavy (non-hydrogen) atoms. The van der Waals surface area contributed by atoms with Crippen LogP contribution in [0.2, 0.25) is 0 Å². The number of carbonyl (C=O) groups is 2. The molecule has 2 N–H and O–H groups in total. The molecule has 136 valence electrons. The summed E-state index contributed by atoms with van der Waals surface area (Å²) in [6, 6.07) is 15.8. The zero-order chi connectivity index (χ0) is 18.6. The molecule has 2 aromatic rings. The van der Waals surface area contributed by atoms with E-state index in [1.165, 1.54) is 6.42 Å². The normalized spacial score (nSPS) is 22.9. The summed E-state index contributed by atoms with van der Waals surface area (Å²) in [6.45, 7) is 0. The lowest BCUT2D eigenvalue weighted by Gasteiger charge is -2.12. The van der Waals surface area contributed by atoms with Crippen molar-refractivity contribution in [1.29, 1.82) is 0 Å². The third kappa shape index (κ3) is 3.97. The van der Waals surface area contributed by atoms with Crippen molar-refractivity contribution >= 4 is 23.7 Å². The molecular formula is C22H21N3O2. The predicted octanol–water partition coefficient (Wildman–Crippen LogP) is 3.87. The van der Waals surface area contributed by atoms with Crippen LogP contribution in [-0.4, -0.2) is 18.0 Å². The minimum Gasteiger partial charge on any atom is -0.322 e. The van der Waals surface area contributed by atoms with E-state index in [0.717, 1.165) is 6.42 Å². The standard InChI is InChI=1S/C22H21N3O2/c26-21(16-4-2-1-3-5-16)24-20-10-8-17(9-11-20)22(27)25-23-14-19-13-15-6-7-18(19)12-15/h1-11,14-15,18-19H,12-13H2,(H,24,26)(H,25,27)/t15-,18-,19-/m0/s1. The number of rotatable bonds is 5. The summed E-state index contributed by atoms with van der Waals surface area (Å²) in [7, 11) is 0. The van der Waals surface area contributed by atoms with Crippen LogP contribution >= 0.6 is 0 Å². The number of amides is 2. The summed E-state index contributed by atoms with van der Waals surface area (Å²) >= 11 is 0. The van der Waals surface area contributed by atoms with Gasteiger partial charge >= 0.3 is 0 Å². The summed E-state index contributed by atoms with van der Waals surface area (Å²) in [4.78, 5) is 24.3. The van der Waals surface area contributed by atoms with Crippen LogP contribution in [0, 0.1) is 17.8 Å². The van der Waals surface area contributed by atoms with Gasteiger partial charge in [-0.05, 0) is 61.1 Å². The average Bonchev–Trinajstić information content (AvgIpc) is 3.32. The van der Waals surface area contributed by atoms with Crippen molar-refractivity contribution in [3.05, 3.63) is 77.9 Å². The van der Waals surface area contributed by atoms with E-state index >= 15 is 0 Å². The molecule has 2 aliphatic rings. The molecule has 2 amide bonds. The number of anilines is 1. The second-order valence-corrected chi connectivity index (χ2v) is 7.06. The monoisotopic (exact) mass is 359 g/mol. The molecule has 4 rings (SSSR count). The van der Waals surface area contributed by atoms with Crippen LogP contribution in [0.4, 0.5) is 5.69 Å². The molecule has 0 spiro atoms. The van der Waals surface area contributed by atoms with Gasteiger partial charge in [0, 0.05) is 28.9 Å². The van der Waals surface area contributed by atoms with E-state index in [4.69, 9.17) is 0 Å². The van der Waals surface area contributed by atoms with Crippen molar-refractivity contribution in [1.82, 2.24) is 5.43 Å². The highest BCUT2D eigenvalue weighted by atomic mass is 16.2. The molecule has 5 heteroatoms. The Morgan fingerprint density at radius 3 is 2.30 bits per heavy atom. The Morgan fingerprint density at radius 1 is 0.889 bits per heavy atom. The van der Waals surface area contributed by atoms with Gasteiger partial charge in [-0.3, -0.25) is 9.59 Å². The molecule has 2 bridgehead atoms. The van der Waals surface area contributed by atoms with E-state index in [-0.39, 0.29) is 11.8 Å². The lowest BCUT2D eigenvalue weighted by Crippen LogP contribution is -2.19. The minimum absolute atomic E-state index is 0.183. The molecule has 0 aromatic heterocycles. The lowest BCUT2D eigenvalue weighted by molar-refractivity contribution is 0.0954. The molecule has 2 aromatic carbocycles. The largest absolute Gasteiger partial charge is 0.322 e. The Hall–Kier alpha value is -3.21. The molecule has 0 radical (unpaired) electrons. The third-order valence-electron chi connectivity index (χ3n) is 5.20. The number of allylic oxidation sites excluding steroid dienone is 2. The first kappa shape index (κ1) is 17.2. The predicted molar refractivity (Wildman–Crippen MR) is 106 cm³/mol. The number of hydrogen-bond acceptors (Lipinski definition) is 3. The fourth-order valence-electron chi connectivity index (χ4n) is 3.75. The van der Waals surface area contributed by atoms with Crippen molar-refractivity contribution in [2.45, 2.75) is 12.8 Å². The maximum Gasteiger partial charge on any atom is 0.271 e. The quantitative estimate of drug-likeness (QED) is 0.483. The van der Waals surface area contributed by atoms with Crippen LogP contribution in [0.25, 0.3) is 0 Å². The van der Waals surface area contributed by atoms with Gasteiger partial charge in [0.05, 0.1) is 0 Å². The highest BCUT2D eigenvalue weighted by Crippen LogP contribution is 2.42. The van der Waals surface area contributed by atoms with Gasteiger partial charge in [0.25, 0.3) is 11.8 Å². The van der Waals surface area contributed by atoms with Gasteiger partial charge in [-0.1, -0.05) is 30.4 Å². The fourth-order valence-corrected chi connectivity index (χ4v) is 3.75. The van der Waals surface area contributed by atoms with Gasteiger partial charge in [-0.15, -0.1) is 0 Å². The Kier molecular flexibility index (Phi) is 4.83. The smallest absolute Gasteiger partial charge is 0.271 e. The van der Waals surface area contributed by atoms with Crippen molar-refractivity contribution in [3.8, 4) is 0 Å². The van der Waals surface area contributed by atoms with Crippen molar-refractivity contribution in [3.63, 3.8) is 0 Å². The van der Waals surface area contributed by atoms with E-state index in [1.54, 1.807) is 36.4 Å². The maximum atomic E-state index is 12.2. The molecule has 0 unspecified atom stereocenters. The number of hydrogen-bond donors (Lipinski definition) is 2. The van der Waals surface area contributed by atoms with Crippen molar-refractivity contribution in [2.75, 3.05) is 5.32 Å². The Morgan fingerprint density at radius 2 is 1.63 bits per heavy atom. The molecule has 3 atom stereocenters. The van der Waals surface area contributed by atoms with E-state index in [2.05, 4.69) is 28.0 Å². The van der Waals surface area contributed by atoms with Gasteiger partial charge in [-0.2, -0.15) is 5.10 Å². The van der Waals surface area contributed by atoms with Crippen molar-refractivity contribution < 1.29 is 9.59 Å². The number of nitrogens with zero attached hydrogens (tertiary/aromatic N) is 1. The van der Waals surface area contributed by atoms with Gasteiger partial charge in [0.15, 0.2) is 0 Å². The van der Waals surface area contributed by atoms with Crippen molar-refractivity contribution in [2.24, 2.45) is 22.9 Å². The molecule has 1 fully saturated rings. The van der Waals surface area contributed by atoms with Crippen LogP contribution in [0.3, 0.4) is 0 Å². The minimum atomic E-state index is -0.258. The average molecular weight is 359 g/mol. The van der Waals surface area contributed by atoms with Crippen LogP contribution in [0.1, 0.15) is 33.6 Å². The second kappa shape index (κ2) is 7.58. The highest BCUT2D eigenvalue weighted by molar-refractivity contribution is 6.04. The number of fused-ring (bicyclic) bond motifs is 2. The molecule has 0 aliphatic heterocycles. The number of carbonyl (C=O) groups excluding carboxylic acids is 2.